The number of nitrogens with zero attached hydrogens (tertiary/aromatic N) is 2. The maximum absolute atomic E-state index is 13.7. The van der Waals surface area contributed by atoms with Gasteiger partial charge in [0.1, 0.15) is 11.3 Å². The Bertz CT molecular complexity index is 676. The smallest absolute Gasteiger partial charge is 0.224 e. The third-order valence-electron chi connectivity index (χ3n) is 4.27. The predicted molar refractivity (Wildman–Crippen MR) is 83.0 cm³/mol. The summed E-state index contributed by atoms with van der Waals surface area (Å²) in [6, 6.07) is 4.94. The Labute approximate surface area is 128 Å². The molecule has 1 amide bonds. The third kappa shape index (κ3) is 2.97. The second kappa shape index (κ2) is 6.44. The highest BCUT2D eigenvalue weighted by Gasteiger charge is 2.20. The number of nitrogens with one attached hydrogen (secondary N) is 2. The first kappa shape index (κ1) is 15.0. The minimum absolute atomic E-state index is 0.0617. The fraction of sp³-hybridized carbons (Fsp3) is 0.500. The first-order valence-corrected chi connectivity index (χ1v) is 7.75. The molecule has 1 aromatic heterocycles. The van der Waals surface area contributed by atoms with Crippen molar-refractivity contribution in [1.29, 1.82) is 0 Å². The van der Waals surface area contributed by atoms with E-state index in [2.05, 4.69) is 15.6 Å². The summed E-state index contributed by atoms with van der Waals surface area (Å²) in [5.41, 5.74) is 1.17. The van der Waals surface area contributed by atoms with Crippen LogP contribution < -0.4 is 10.6 Å². The molecule has 3 rings (SSSR count). The van der Waals surface area contributed by atoms with Crippen molar-refractivity contribution in [3.8, 4) is 0 Å². The van der Waals surface area contributed by atoms with Gasteiger partial charge >= 0.3 is 0 Å². The van der Waals surface area contributed by atoms with E-state index in [0.717, 1.165) is 37.3 Å². The zero-order valence-corrected chi connectivity index (χ0v) is 12.7. The van der Waals surface area contributed by atoms with Gasteiger partial charge in [0.25, 0.3) is 0 Å². The minimum Gasteiger partial charge on any atom is -0.355 e. The van der Waals surface area contributed by atoms with Crippen LogP contribution in [0.3, 0.4) is 0 Å². The van der Waals surface area contributed by atoms with Crippen molar-refractivity contribution in [3.63, 3.8) is 0 Å². The Balaban J connectivity index is 1.61. The van der Waals surface area contributed by atoms with E-state index in [1.165, 1.54) is 6.07 Å². The minimum atomic E-state index is -0.309. The summed E-state index contributed by atoms with van der Waals surface area (Å²) in [6.45, 7) is 2.27. The molecule has 2 heterocycles. The normalized spacial score (nSPS) is 18.5. The highest BCUT2D eigenvalue weighted by atomic mass is 19.1. The number of imidazole rings is 1. The molecule has 1 fully saturated rings. The van der Waals surface area contributed by atoms with Gasteiger partial charge in [-0.3, -0.25) is 4.79 Å². The van der Waals surface area contributed by atoms with E-state index in [9.17, 15) is 9.18 Å². The molecule has 0 saturated carbocycles. The first-order chi connectivity index (χ1) is 10.7. The predicted octanol–water partition coefficient (Wildman–Crippen LogP) is 1.37. The summed E-state index contributed by atoms with van der Waals surface area (Å²) in [6.07, 6.45) is 2.58. The average molecular weight is 304 g/mol. The molecule has 1 saturated heterocycles. The van der Waals surface area contributed by atoms with E-state index in [0.29, 0.717) is 18.5 Å². The number of aryl methyl sites for hydroxylation is 1. The molecule has 2 N–H and O–H groups in total. The SMILES string of the molecule is Cn1c(CCNC(=O)C2CCCNC2)nc2c(F)cccc21. The van der Waals surface area contributed by atoms with Gasteiger partial charge in [-0.25, -0.2) is 9.37 Å². The molecule has 1 atom stereocenters. The van der Waals surface area contributed by atoms with E-state index in [4.69, 9.17) is 0 Å². The van der Waals surface area contributed by atoms with Crippen LogP contribution in [0.4, 0.5) is 4.39 Å². The summed E-state index contributed by atoms with van der Waals surface area (Å²) in [7, 11) is 1.87. The number of para-hydroxylation sites is 1. The fourth-order valence-electron chi connectivity index (χ4n) is 2.97. The summed E-state index contributed by atoms with van der Waals surface area (Å²) in [5.74, 6) is 0.627. The van der Waals surface area contributed by atoms with E-state index in [1.54, 1.807) is 6.07 Å². The largest absolute Gasteiger partial charge is 0.355 e. The van der Waals surface area contributed by atoms with Gasteiger partial charge in [0.15, 0.2) is 5.82 Å². The number of carbonyl (C=O) groups excluding carboxylic acids is 1. The van der Waals surface area contributed by atoms with E-state index in [1.807, 2.05) is 17.7 Å². The second-order valence-corrected chi connectivity index (χ2v) is 5.78. The van der Waals surface area contributed by atoms with Crippen LogP contribution in [0.5, 0.6) is 0 Å². The van der Waals surface area contributed by atoms with Crippen molar-refractivity contribution < 1.29 is 9.18 Å². The Morgan fingerprint density at radius 1 is 1.55 bits per heavy atom. The van der Waals surface area contributed by atoms with Crippen molar-refractivity contribution in [2.24, 2.45) is 13.0 Å². The Morgan fingerprint density at radius 2 is 2.41 bits per heavy atom. The first-order valence-electron chi connectivity index (χ1n) is 7.75. The molecule has 0 radical (unpaired) electrons. The molecular formula is C16H21FN4O. The Morgan fingerprint density at radius 3 is 3.14 bits per heavy atom. The lowest BCUT2D eigenvalue weighted by atomic mass is 9.99. The zero-order chi connectivity index (χ0) is 15.5. The number of piperidine rings is 1. The lowest BCUT2D eigenvalue weighted by molar-refractivity contribution is -0.125. The van der Waals surface area contributed by atoms with Crippen LogP contribution >= 0.6 is 0 Å². The van der Waals surface area contributed by atoms with Crippen molar-refractivity contribution in [1.82, 2.24) is 20.2 Å². The van der Waals surface area contributed by atoms with Crippen molar-refractivity contribution in [2.75, 3.05) is 19.6 Å². The quantitative estimate of drug-likeness (QED) is 0.897. The van der Waals surface area contributed by atoms with Gasteiger partial charge in [-0.2, -0.15) is 0 Å². The van der Waals surface area contributed by atoms with Crippen LogP contribution in [0.2, 0.25) is 0 Å². The van der Waals surface area contributed by atoms with Crippen LogP contribution in [0, 0.1) is 11.7 Å². The van der Waals surface area contributed by atoms with Gasteiger partial charge < -0.3 is 15.2 Å². The number of hydrogen-bond acceptors (Lipinski definition) is 3. The van der Waals surface area contributed by atoms with Gasteiger partial charge in [0.2, 0.25) is 5.91 Å². The zero-order valence-electron chi connectivity index (χ0n) is 12.7. The number of benzene rings is 1. The molecule has 2 aromatic rings. The lowest BCUT2D eigenvalue weighted by Crippen LogP contribution is -2.41. The number of fused-ring (bicyclic) bond motifs is 1. The van der Waals surface area contributed by atoms with Crippen molar-refractivity contribution in [3.05, 3.63) is 29.8 Å². The third-order valence-corrected chi connectivity index (χ3v) is 4.27. The average Bonchev–Trinajstić information content (AvgIpc) is 2.86. The molecule has 1 aromatic carbocycles. The van der Waals surface area contributed by atoms with Crippen LogP contribution in [0.1, 0.15) is 18.7 Å². The van der Waals surface area contributed by atoms with Crippen LogP contribution in [0.25, 0.3) is 11.0 Å². The summed E-state index contributed by atoms with van der Waals surface area (Å²) < 4.78 is 15.6. The number of hydrogen-bond donors (Lipinski definition) is 2. The van der Waals surface area contributed by atoms with Gasteiger partial charge in [-0.1, -0.05) is 6.07 Å². The van der Waals surface area contributed by atoms with Gasteiger partial charge in [0, 0.05) is 26.6 Å². The molecule has 0 aliphatic carbocycles. The van der Waals surface area contributed by atoms with E-state index in [-0.39, 0.29) is 17.6 Å². The topological polar surface area (TPSA) is 59.0 Å². The molecule has 0 spiro atoms. The molecule has 1 aliphatic rings. The molecular weight excluding hydrogens is 283 g/mol. The van der Waals surface area contributed by atoms with Gasteiger partial charge in [-0.15, -0.1) is 0 Å². The maximum atomic E-state index is 13.7. The maximum Gasteiger partial charge on any atom is 0.224 e. The molecule has 0 bridgehead atoms. The number of carbonyl (C=O) groups is 1. The summed E-state index contributed by atoms with van der Waals surface area (Å²) >= 11 is 0. The van der Waals surface area contributed by atoms with Gasteiger partial charge in [0.05, 0.1) is 11.4 Å². The Hall–Kier alpha value is -1.95. The second-order valence-electron chi connectivity index (χ2n) is 5.78. The highest BCUT2D eigenvalue weighted by Crippen LogP contribution is 2.18. The number of aromatic nitrogens is 2. The fourth-order valence-corrected chi connectivity index (χ4v) is 2.97. The Kier molecular flexibility index (Phi) is 4.38. The summed E-state index contributed by atoms with van der Waals surface area (Å²) in [4.78, 5) is 16.4. The van der Waals surface area contributed by atoms with Gasteiger partial charge in [-0.05, 0) is 31.5 Å². The van der Waals surface area contributed by atoms with E-state index < -0.39 is 0 Å². The van der Waals surface area contributed by atoms with E-state index >= 15 is 0 Å². The molecule has 118 valence electrons. The molecule has 1 aliphatic heterocycles. The molecule has 6 heteroatoms. The molecule has 5 nitrogen and oxygen atoms in total. The number of rotatable bonds is 4. The molecule has 1 unspecified atom stereocenters. The van der Waals surface area contributed by atoms with Crippen LogP contribution in [0.15, 0.2) is 18.2 Å². The number of halogens is 1. The van der Waals surface area contributed by atoms with Crippen LogP contribution in [-0.4, -0.2) is 35.1 Å². The monoisotopic (exact) mass is 304 g/mol. The summed E-state index contributed by atoms with van der Waals surface area (Å²) in [5, 5.41) is 6.20. The van der Waals surface area contributed by atoms with Crippen LogP contribution in [-0.2, 0) is 18.3 Å². The lowest BCUT2D eigenvalue weighted by Gasteiger charge is -2.21. The van der Waals surface area contributed by atoms with Crippen molar-refractivity contribution >= 4 is 16.9 Å². The number of amides is 1. The van der Waals surface area contributed by atoms with Crippen molar-refractivity contribution in [2.45, 2.75) is 19.3 Å². The standard InChI is InChI=1S/C16H21FN4O/c1-21-13-6-2-5-12(17)15(13)20-14(21)7-9-19-16(22)11-4-3-8-18-10-11/h2,5-6,11,18H,3-4,7-10H2,1H3,(H,19,22). The molecule has 22 heavy (non-hydrogen) atoms. The highest BCUT2D eigenvalue weighted by molar-refractivity contribution is 5.79.